The lowest BCUT2D eigenvalue weighted by atomic mass is 9.94. The van der Waals surface area contributed by atoms with Gasteiger partial charge in [-0.15, -0.1) is 0 Å². The molecule has 0 bridgehead atoms. The van der Waals surface area contributed by atoms with Gasteiger partial charge in [-0.1, -0.05) is 24.6 Å². The fourth-order valence-electron chi connectivity index (χ4n) is 2.80. The maximum atomic E-state index is 12.0. The van der Waals surface area contributed by atoms with E-state index in [2.05, 4.69) is 11.6 Å². The third-order valence-electron chi connectivity index (χ3n) is 4.00. The van der Waals surface area contributed by atoms with Crippen molar-refractivity contribution in [3.05, 3.63) is 29.8 Å². The second-order valence-corrected chi connectivity index (χ2v) is 6.63. The van der Waals surface area contributed by atoms with Gasteiger partial charge in [-0.25, -0.2) is 0 Å². The van der Waals surface area contributed by atoms with Gasteiger partial charge in [0, 0.05) is 23.4 Å². The van der Waals surface area contributed by atoms with E-state index in [-0.39, 0.29) is 5.91 Å². The third-order valence-corrected chi connectivity index (χ3v) is 5.10. The van der Waals surface area contributed by atoms with Gasteiger partial charge in [-0.2, -0.15) is 11.8 Å². The molecule has 1 aliphatic carbocycles. The highest BCUT2D eigenvalue weighted by Crippen LogP contribution is 2.27. The molecule has 3 nitrogen and oxygen atoms in total. The highest BCUT2D eigenvalue weighted by Gasteiger charge is 2.22. The summed E-state index contributed by atoms with van der Waals surface area (Å²) < 4.78 is 0. The average molecular weight is 292 g/mol. The van der Waals surface area contributed by atoms with Crippen LogP contribution in [0, 0.1) is 0 Å². The second kappa shape index (κ2) is 7.58. The van der Waals surface area contributed by atoms with Gasteiger partial charge in [-0.05, 0) is 43.6 Å². The number of amides is 1. The topological polar surface area (TPSA) is 55.1 Å². The number of anilines is 1. The van der Waals surface area contributed by atoms with Crippen molar-refractivity contribution in [1.82, 2.24) is 5.32 Å². The predicted molar refractivity (Wildman–Crippen MR) is 86.9 cm³/mol. The Kier molecular flexibility index (Phi) is 5.77. The number of thioether (sulfide) groups is 1. The molecule has 4 heteroatoms. The Morgan fingerprint density at radius 3 is 2.95 bits per heavy atom. The zero-order valence-corrected chi connectivity index (χ0v) is 12.9. The van der Waals surface area contributed by atoms with Crippen molar-refractivity contribution in [3.8, 4) is 0 Å². The summed E-state index contributed by atoms with van der Waals surface area (Å²) in [4.78, 5) is 12.0. The number of rotatable bonds is 5. The molecule has 1 aliphatic rings. The van der Waals surface area contributed by atoms with Crippen molar-refractivity contribution in [1.29, 1.82) is 0 Å². The van der Waals surface area contributed by atoms with E-state index < -0.39 is 0 Å². The van der Waals surface area contributed by atoms with Crippen LogP contribution in [-0.2, 0) is 11.2 Å². The predicted octanol–water partition coefficient (Wildman–Crippen LogP) is 2.99. The van der Waals surface area contributed by atoms with Gasteiger partial charge in [-0.3, -0.25) is 4.79 Å². The summed E-state index contributed by atoms with van der Waals surface area (Å²) in [5.41, 5.74) is 7.73. The van der Waals surface area contributed by atoms with E-state index in [1.807, 2.05) is 36.0 Å². The number of hydrogen-bond donors (Lipinski definition) is 2. The Labute approximate surface area is 125 Å². The molecule has 1 saturated carbocycles. The quantitative estimate of drug-likeness (QED) is 0.820. The first-order valence-corrected chi connectivity index (χ1v) is 8.63. The van der Waals surface area contributed by atoms with Crippen molar-refractivity contribution in [2.75, 3.05) is 12.0 Å². The summed E-state index contributed by atoms with van der Waals surface area (Å²) in [6.07, 6.45) is 8.14. The molecule has 1 fully saturated rings. The van der Waals surface area contributed by atoms with E-state index in [4.69, 9.17) is 5.73 Å². The summed E-state index contributed by atoms with van der Waals surface area (Å²) >= 11 is 1.92. The number of nitrogen functional groups attached to an aromatic ring is 1. The molecule has 1 aromatic carbocycles. The number of nitrogens with two attached hydrogens (primary N) is 1. The molecule has 3 N–H and O–H groups in total. The lowest BCUT2D eigenvalue weighted by molar-refractivity contribution is -0.121. The molecule has 0 heterocycles. The fourth-order valence-corrected chi connectivity index (χ4v) is 3.63. The van der Waals surface area contributed by atoms with Crippen LogP contribution in [0.3, 0.4) is 0 Å². The van der Waals surface area contributed by atoms with Gasteiger partial charge in [0.05, 0.1) is 0 Å². The zero-order valence-electron chi connectivity index (χ0n) is 12.1. The van der Waals surface area contributed by atoms with E-state index >= 15 is 0 Å². The molecule has 20 heavy (non-hydrogen) atoms. The third kappa shape index (κ3) is 4.44. The molecular weight excluding hydrogens is 268 g/mol. The summed E-state index contributed by atoms with van der Waals surface area (Å²) in [6, 6.07) is 8.13. The molecule has 2 rings (SSSR count). The Bertz CT molecular complexity index is 450. The molecule has 0 aliphatic heterocycles. The first-order valence-electron chi connectivity index (χ1n) is 7.34. The van der Waals surface area contributed by atoms with Crippen LogP contribution >= 0.6 is 11.8 Å². The maximum Gasteiger partial charge on any atom is 0.220 e. The van der Waals surface area contributed by atoms with Gasteiger partial charge in [0.15, 0.2) is 0 Å². The van der Waals surface area contributed by atoms with Crippen LogP contribution in [0.5, 0.6) is 0 Å². The first kappa shape index (κ1) is 15.2. The molecule has 0 radical (unpaired) electrons. The molecule has 1 aromatic rings. The molecule has 0 saturated heterocycles. The van der Waals surface area contributed by atoms with E-state index in [1.165, 1.54) is 12.8 Å². The highest BCUT2D eigenvalue weighted by atomic mass is 32.2. The van der Waals surface area contributed by atoms with Crippen LogP contribution < -0.4 is 11.1 Å². The minimum atomic E-state index is 0.153. The van der Waals surface area contributed by atoms with Crippen molar-refractivity contribution < 1.29 is 4.79 Å². The highest BCUT2D eigenvalue weighted by molar-refractivity contribution is 7.99. The van der Waals surface area contributed by atoms with Crippen LogP contribution in [-0.4, -0.2) is 23.5 Å². The van der Waals surface area contributed by atoms with Crippen LogP contribution in [0.2, 0.25) is 0 Å². The molecule has 0 aromatic heterocycles. The molecule has 1 amide bonds. The summed E-state index contributed by atoms with van der Waals surface area (Å²) in [5.74, 6) is 0.153. The normalized spacial score (nSPS) is 22.4. The number of carbonyl (C=O) groups excluding carboxylic acids is 1. The first-order chi connectivity index (χ1) is 9.69. The SMILES string of the molecule is CSC1CCCC(NC(=O)CCc2ccccc2N)C1. The minimum Gasteiger partial charge on any atom is -0.399 e. The largest absolute Gasteiger partial charge is 0.399 e. The van der Waals surface area contributed by atoms with Gasteiger partial charge in [0.25, 0.3) is 0 Å². The molecule has 2 atom stereocenters. The van der Waals surface area contributed by atoms with E-state index in [0.29, 0.717) is 17.7 Å². The monoisotopic (exact) mass is 292 g/mol. The second-order valence-electron chi connectivity index (χ2n) is 5.49. The molecule has 110 valence electrons. The van der Waals surface area contributed by atoms with E-state index in [9.17, 15) is 4.79 Å². The number of hydrogen-bond acceptors (Lipinski definition) is 3. The van der Waals surface area contributed by atoms with Gasteiger partial charge >= 0.3 is 0 Å². The smallest absolute Gasteiger partial charge is 0.220 e. The lowest BCUT2D eigenvalue weighted by Crippen LogP contribution is -2.39. The standard InChI is InChI=1S/C16H24N2OS/c1-20-14-7-4-6-13(11-14)18-16(19)10-9-12-5-2-3-8-15(12)17/h2-3,5,8,13-14H,4,6-7,9-11,17H2,1H3,(H,18,19). The van der Waals surface area contributed by atoms with Gasteiger partial charge < -0.3 is 11.1 Å². The molecule has 2 unspecified atom stereocenters. The number of para-hydroxylation sites is 1. The number of aryl methyl sites for hydroxylation is 1. The van der Waals surface area contributed by atoms with Crippen LogP contribution in [0.25, 0.3) is 0 Å². The Balaban J connectivity index is 1.77. The van der Waals surface area contributed by atoms with Gasteiger partial charge in [0.2, 0.25) is 5.91 Å². The Morgan fingerprint density at radius 1 is 1.40 bits per heavy atom. The van der Waals surface area contributed by atoms with E-state index in [1.54, 1.807) is 0 Å². The Morgan fingerprint density at radius 2 is 2.20 bits per heavy atom. The van der Waals surface area contributed by atoms with Crippen molar-refractivity contribution >= 4 is 23.4 Å². The van der Waals surface area contributed by atoms with E-state index in [0.717, 1.165) is 30.5 Å². The zero-order chi connectivity index (χ0) is 14.4. The molecule has 0 spiro atoms. The van der Waals surface area contributed by atoms with Gasteiger partial charge in [0.1, 0.15) is 0 Å². The fraction of sp³-hybridized carbons (Fsp3) is 0.562. The lowest BCUT2D eigenvalue weighted by Gasteiger charge is -2.28. The number of benzene rings is 1. The summed E-state index contributed by atoms with van der Waals surface area (Å²) in [5, 5.41) is 3.89. The summed E-state index contributed by atoms with van der Waals surface area (Å²) in [6.45, 7) is 0. The van der Waals surface area contributed by atoms with Crippen molar-refractivity contribution in [2.24, 2.45) is 0 Å². The minimum absolute atomic E-state index is 0.153. The van der Waals surface area contributed by atoms with Crippen molar-refractivity contribution in [2.45, 2.75) is 49.8 Å². The number of carbonyl (C=O) groups is 1. The van der Waals surface area contributed by atoms with Crippen LogP contribution in [0.1, 0.15) is 37.7 Å². The van der Waals surface area contributed by atoms with Crippen LogP contribution in [0.4, 0.5) is 5.69 Å². The Hall–Kier alpha value is -1.16. The average Bonchev–Trinajstić information content (AvgIpc) is 2.46. The maximum absolute atomic E-state index is 12.0. The molecular formula is C16H24N2OS. The van der Waals surface area contributed by atoms with Crippen molar-refractivity contribution in [3.63, 3.8) is 0 Å². The summed E-state index contributed by atoms with van der Waals surface area (Å²) in [7, 11) is 0. The van der Waals surface area contributed by atoms with Crippen LogP contribution in [0.15, 0.2) is 24.3 Å². The number of nitrogens with one attached hydrogen (secondary N) is 1.